The summed E-state index contributed by atoms with van der Waals surface area (Å²) in [6, 6.07) is 7.23. The van der Waals surface area contributed by atoms with Gasteiger partial charge < -0.3 is 10.6 Å². The number of hydrogen-bond donors (Lipinski definition) is 2. The summed E-state index contributed by atoms with van der Waals surface area (Å²) in [6.45, 7) is 6.34. The third kappa shape index (κ3) is 3.69. The molecule has 2 N–H and O–H groups in total. The molecular formula is C17H21N5O3. The first-order valence-electron chi connectivity index (χ1n) is 8.22. The number of carbonyl (C=O) groups excluding carboxylic acids is 1. The van der Waals surface area contributed by atoms with Crippen molar-refractivity contribution in [1.29, 1.82) is 0 Å². The summed E-state index contributed by atoms with van der Waals surface area (Å²) in [5.74, 6) is 0.435. The molecule has 1 aliphatic rings. The molecule has 1 aromatic carbocycles. The Hall–Kier alpha value is -2.74. The summed E-state index contributed by atoms with van der Waals surface area (Å²) in [4.78, 5) is 22.8. The molecule has 0 saturated carbocycles. The van der Waals surface area contributed by atoms with Crippen LogP contribution in [-0.4, -0.2) is 40.2 Å². The van der Waals surface area contributed by atoms with E-state index in [-0.39, 0.29) is 11.6 Å². The molecule has 1 fully saturated rings. The third-order valence-electron chi connectivity index (χ3n) is 4.49. The zero-order valence-corrected chi connectivity index (χ0v) is 14.3. The minimum absolute atomic E-state index is 0.0569. The molecule has 25 heavy (non-hydrogen) atoms. The quantitative estimate of drug-likeness (QED) is 0.610. The second kappa shape index (κ2) is 7.02. The molecule has 0 unspecified atom stereocenters. The lowest BCUT2D eigenvalue weighted by Gasteiger charge is -2.27. The van der Waals surface area contributed by atoms with Crippen molar-refractivity contribution in [2.45, 2.75) is 20.4 Å². The number of rotatable bonds is 6. The summed E-state index contributed by atoms with van der Waals surface area (Å²) in [5, 5.41) is 21.4. The predicted molar refractivity (Wildman–Crippen MR) is 92.6 cm³/mol. The molecule has 1 amide bonds. The van der Waals surface area contributed by atoms with Gasteiger partial charge in [0.25, 0.3) is 5.91 Å². The van der Waals surface area contributed by atoms with Gasteiger partial charge in [-0.1, -0.05) is 12.1 Å². The van der Waals surface area contributed by atoms with Gasteiger partial charge in [-0.15, -0.1) is 0 Å². The monoisotopic (exact) mass is 343 g/mol. The second-order valence-corrected chi connectivity index (χ2v) is 6.37. The van der Waals surface area contributed by atoms with Gasteiger partial charge in [0.05, 0.1) is 11.5 Å². The molecule has 1 saturated heterocycles. The van der Waals surface area contributed by atoms with Gasteiger partial charge in [-0.05, 0) is 31.5 Å². The number of hydrogen-bond acceptors (Lipinski definition) is 5. The van der Waals surface area contributed by atoms with Gasteiger partial charge in [0.15, 0.2) is 0 Å². The van der Waals surface area contributed by atoms with Crippen molar-refractivity contribution < 1.29 is 9.72 Å². The number of nitro groups is 1. The first kappa shape index (κ1) is 17.1. The summed E-state index contributed by atoms with van der Waals surface area (Å²) < 4.78 is 1.62. The molecular weight excluding hydrogens is 322 g/mol. The molecule has 0 atom stereocenters. The number of nitrogens with zero attached hydrogens (tertiary/aromatic N) is 3. The Bertz CT molecular complexity index is 793. The minimum atomic E-state index is -0.404. The maximum atomic E-state index is 12.1. The van der Waals surface area contributed by atoms with E-state index in [1.807, 2.05) is 12.1 Å². The van der Waals surface area contributed by atoms with Gasteiger partial charge in [0.1, 0.15) is 11.4 Å². The van der Waals surface area contributed by atoms with Crippen LogP contribution in [0.2, 0.25) is 0 Å². The van der Waals surface area contributed by atoms with E-state index in [4.69, 9.17) is 0 Å². The van der Waals surface area contributed by atoms with Crippen LogP contribution in [-0.2, 0) is 6.54 Å². The smallest absolute Gasteiger partial charge is 0.312 e. The molecule has 3 rings (SSSR count). The molecule has 0 radical (unpaired) electrons. The summed E-state index contributed by atoms with van der Waals surface area (Å²) in [5.41, 5.74) is 2.53. The van der Waals surface area contributed by atoms with Gasteiger partial charge in [0, 0.05) is 31.1 Å². The van der Waals surface area contributed by atoms with Crippen LogP contribution < -0.4 is 10.6 Å². The molecule has 132 valence electrons. The van der Waals surface area contributed by atoms with Gasteiger partial charge in [-0.25, -0.2) is 0 Å². The molecule has 0 aliphatic carbocycles. The van der Waals surface area contributed by atoms with E-state index >= 15 is 0 Å². The van der Waals surface area contributed by atoms with Crippen LogP contribution in [0.15, 0.2) is 24.3 Å². The normalized spacial score (nSPS) is 14.2. The van der Waals surface area contributed by atoms with Gasteiger partial charge >= 0.3 is 5.69 Å². The number of benzene rings is 1. The van der Waals surface area contributed by atoms with E-state index in [1.165, 1.54) is 0 Å². The van der Waals surface area contributed by atoms with E-state index in [2.05, 4.69) is 15.7 Å². The molecule has 1 aliphatic heterocycles. The summed E-state index contributed by atoms with van der Waals surface area (Å²) in [6.07, 6.45) is 0. The van der Waals surface area contributed by atoms with Crippen LogP contribution in [0.5, 0.6) is 0 Å². The molecule has 8 heteroatoms. The number of aryl methyl sites for hydroxylation is 1. The summed E-state index contributed by atoms with van der Waals surface area (Å²) >= 11 is 0. The molecule has 0 spiro atoms. The molecule has 2 aromatic rings. The average molecular weight is 343 g/mol. The van der Waals surface area contributed by atoms with E-state index in [0.717, 1.165) is 18.7 Å². The van der Waals surface area contributed by atoms with Crippen LogP contribution in [0.1, 0.15) is 27.3 Å². The highest BCUT2D eigenvalue weighted by Gasteiger charge is 2.22. The zero-order valence-electron chi connectivity index (χ0n) is 14.3. The van der Waals surface area contributed by atoms with Gasteiger partial charge in [-0.3, -0.25) is 19.6 Å². The highest BCUT2D eigenvalue weighted by atomic mass is 16.6. The van der Waals surface area contributed by atoms with Gasteiger partial charge in [-0.2, -0.15) is 5.10 Å². The lowest BCUT2D eigenvalue weighted by molar-refractivity contribution is -0.386. The number of amides is 1. The Morgan fingerprint density at radius 1 is 1.36 bits per heavy atom. The topological polar surface area (TPSA) is 102 Å². The SMILES string of the molecule is Cc1nn(Cc2ccc(C(=O)NCC3CNC3)cc2)c(C)c1[N+](=O)[O-]. The number of carbonyl (C=O) groups is 1. The molecule has 1 aromatic heterocycles. The Morgan fingerprint density at radius 2 is 2.04 bits per heavy atom. The van der Waals surface area contributed by atoms with Crippen molar-refractivity contribution in [1.82, 2.24) is 20.4 Å². The maximum absolute atomic E-state index is 12.1. The lowest BCUT2D eigenvalue weighted by atomic mass is 10.0. The van der Waals surface area contributed by atoms with E-state index in [0.29, 0.717) is 36.0 Å². The fourth-order valence-corrected chi connectivity index (χ4v) is 2.87. The van der Waals surface area contributed by atoms with Crippen LogP contribution in [0, 0.1) is 29.9 Å². The number of nitrogens with one attached hydrogen (secondary N) is 2. The van der Waals surface area contributed by atoms with Gasteiger partial charge in [0.2, 0.25) is 0 Å². The van der Waals surface area contributed by atoms with E-state index < -0.39 is 4.92 Å². The van der Waals surface area contributed by atoms with Crippen LogP contribution in [0.3, 0.4) is 0 Å². The first-order chi connectivity index (χ1) is 12.0. The molecule has 2 heterocycles. The highest BCUT2D eigenvalue weighted by molar-refractivity contribution is 5.94. The Kier molecular flexibility index (Phi) is 4.80. The first-order valence-corrected chi connectivity index (χ1v) is 8.22. The lowest BCUT2D eigenvalue weighted by Crippen LogP contribution is -2.48. The Labute approximate surface area is 145 Å². The zero-order chi connectivity index (χ0) is 18.0. The predicted octanol–water partition coefficient (Wildman–Crippen LogP) is 1.41. The van der Waals surface area contributed by atoms with Crippen molar-refractivity contribution in [3.8, 4) is 0 Å². The highest BCUT2D eigenvalue weighted by Crippen LogP contribution is 2.22. The van der Waals surface area contributed by atoms with Crippen molar-refractivity contribution in [2.24, 2.45) is 5.92 Å². The Morgan fingerprint density at radius 3 is 2.56 bits per heavy atom. The fourth-order valence-electron chi connectivity index (χ4n) is 2.87. The third-order valence-corrected chi connectivity index (χ3v) is 4.49. The van der Waals surface area contributed by atoms with Crippen molar-refractivity contribution >= 4 is 11.6 Å². The number of aromatic nitrogens is 2. The largest absolute Gasteiger partial charge is 0.352 e. The fraction of sp³-hybridized carbons (Fsp3) is 0.412. The van der Waals surface area contributed by atoms with Crippen molar-refractivity contribution in [2.75, 3.05) is 19.6 Å². The minimum Gasteiger partial charge on any atom is -0.352 e. The summed E-state index contributed by atoms with van der Waals surface area (Å²) in [7, 11) is 0. The van der Waals surface area contributed by atoms with E-state index in [1.54, 1.807) is 30.7 Å². The molecule has 8 nitrogen and oxygen atoms in total. The Balaban J connectivity index is 1.65. The average Bonchev–Trinajstić information content (AvgIpc) is 2.80. The van der Waals surface area contributed by atoms with Crippen molar-refractivity contribution in [3.05, 3.63) is 56.9 Å². The van der Waals surface area contributed by atoms with Crippen LogP contribution in [0.25, 0.3) is 0 Å². The standard InChI is InChI=1S/C17H21N5O3/c1-11-16(22(24)25)12(2)21(20-11)10-13-3-5-15(6-4-13)17(23)19-9-14-7-18-8-14/h3-6,14,18H,7-10H2,1-2H3,(H,19,23). The van der Waals surface area contributed by atoms with E-state index in [9.17, 15) is 14.9 Å². The maximum Gasteiger partial charge on any atom is 0.312 e. The van der Waals surface area contributed by atoms with Crippen LogP contribution in [0.4, 0.5) is 5.69 Å². The second-order valence-electron chi connectivity index (χ2n) is 6.37. The van der Waals surface area contributed by atoms with Crippen LogP contribution >= 0.6 is 0 Å². The van der Waals surface area contributed by atoms with Crippen molar-refractivity contribution in [3.63, 3.8) is 0 Å². The molecule has 0 bridgehead atoms.